The molecule has 5 N–H and O–H groups in total. The summed E-state index contributed by atoms with van der Waals surface area (Å²) in [7, 11) is -20.3. The van der Waals surface area contributed by atoms with Gasteiger partial charge in [-0.1, -0.05) is 6.07 Å². The molecule has 5 rings (SSSR count). The maximum Gasteiger partial charge on any atom is 0.155 e. The molecule has 0 spiro atoms. The summed E-state index contributed by atoms with van der Waals surface area (Å²) in [4.78, 5) is -4.63. The Morgan fingerprint density at radius 1 is 0.623 bits per heavy atom. The predicted octanol–water partition coefficient (Wildman–Crippen LogP) is 3.46. The Kier molecular flexibility index (Phi) is 9.60. The zero-order valence-corrected chi connectivity index (χ0v) is 29.5. The Morgan fingerprint density at radius 3 is 1.77 bits per heavy atom. The monoisotopic (exact) mass is 809 g/mol. The molecule has 25 heteroatoms. The summed E-state index contributed by atoms with van der Waals surface area (Å²) in [6.45, 7) is 1.43. The number of rotatable bonds is 9. The summed E-state index contributed by atoms with van der Waals surface area (Å²) in [6, 6.07) is 6.39. The van der Waals surface area contributed by atoms with Crippen LogP contribution in [0.15, 0.2) is 88.6 Å². The van der Waals surface area contributed by atoms with Crippen molar-refractivity contribution in [1.29, 1.82) is 0 Å². The molecule has 5 aromatic carbocycles. The lowest BCUT2D eigenvalue weighted by molar-refractivity contribution is 0.416. The van der Waals surface area contributed by atoms with E-state index in [1.165, 1.54) is 26.2 Å². The number of benzene rings is 5. The number of aromatic hydroxyl groups is 3. The van der Waals surface area contributed by atoms with Crippen molar-refractivity contribution >= 4 is 90.5 Å². The molecule has 0 aromatic heterocycles. The van der Waals surface area contributed by atoms with Gasteiger partial charge in [-0.05, 0) is 54.3 Å². The number of hydrogen-bond donors (Lipinski definition) is 4. The average molecular weight is 810 g/mol. The number of anilines is 1. The van der Waals surface area contributed by atoms with Crippen molar-refractivity contribution in [3.05, 3.63) is 54.1 Å². The molecule has 0 saturated heterocycles. The maximum atomic E-state index is 12.1. The Morgan fingerprint density at radius 2 is 1.21 bits per heavy atom. The van der Waals surface area contributed by atoms with E-state index in [2.05, 4.69) is 20.5 Å². The van der Waals surface area contributed by atoms with E-state index in [4.69, 9.17) is 10.5 Å². The lowest BCUT2D eigenvalue weighted by Crippen LogP contribution is -2.08. The molecule has 21 nitrogen and oxygen atoms in total. The molecule has 5 aromatic rings. The molecular weight excluding hydrogens is 791 g/mol. The van der Waals surface area contributed by atoms with Crippen molar-refractivity contribution in [2.45, 2.75) is 26.5 Å². The first kappa shape index (κ1) is 38.7. The summed E-state index contributed by atoms with van der Waals surface area (Å²) in [5, 5.41) is 45.1. The SMILES string of the molecule is COc1cc(N=Nc2c(S(=O)(=O)[O-])cc3cc(S(=O)(=O)[O-])cc(O)c3c2O)c(C)cc1N=Nc1ccc2c(S(=O)(=O)[O-])cc(S(=O)(=O)[O-])c(N)c2c1O. The Hall–Kier alpha value is -5.54. The molecular formula is C28H19N5O16S4-4. The van der Waals surface area contributed by atoms with Gasteiger partial charge >= 0.3 is 0 Å². The molecule has 0 saturated carbocycles. The van der Waals surface area contributed by atoms with Crippen LogP contribution in [0.2, 0.25) is 0 Å². The second kappa shape index (κ2) is 13.1. The Bertz CT molecular complexity index is 2930. The van der Waals surface area contributed by atoms with E-state index in [9.17, 15) is 67.2 Å². The molecule has 0 aliphatic rings. The standard InChI is InChI=1S/C28H23N5O16S4/c1-11-5-17(32-30-15-4-3-14-20(51(40,41)42)10-21(52(43,44)45)25(29)24(14)27(15)35)19(49-2)9-16(11)31-33-26-22(53(46,47)48)7-12-6-13(50(37,38)39)8-18(34)23(12)28(26)36/h3-10,34-36H,29H2,1-2H3,(H,37,38,39)(H,40,41,42)(H,43,44,45)(H,46,47,48)/p-4. The average Bonchev–Trinajstić information content (AvgIpc) is 3.02. The summed E-state index contributed by atoms with van der Waals surface area (Å²) < 4.78 is 147. The van der Waals surface area contributed by atoms with Gasteiger partial charge < -0.3 is 44.0 Å². The van der Waals surface area contributed by atoms with Crippen molar-refractivity contribution in [2.24, 2.45) is 20.5 Å². The molecule has 0 amide bonds. The lowest BCUT2D eigenvalue weighted by atomic mass is 10.1. The number of aryl methyl sites for hydroxylation is 1. The second-order valence-electron chi connectivity index (χ2n) is 10.8. The van der Waals surface area contributed by atoms with Crippen LogP contribution in [0.25, 0.3) is 21.5 Å². The van der Waals surface area contributed by atoms with Gasteiger partial charge in [-0.25, -0.2) is 33.7 Å². The highest BCUT2D eigenvalue weighted by Crippen LogP contribution is 2.47. The highest BCUT2D eigenvalue weighted by Gasteiger charge is 2.23. The van der Waals surface area contributed by atoms with Crippen LogP contribution < -0.4 is 10.5 Å². The Balaban J connectivity index is 1.61. The van der Waals surface area contributed by atoms with Crippen LogP contribution in [0.5, 0.6) is 23.0 Å². The number of fused-ring (bicyclic) bond motifs is 2. The third kappa shape index (κ3) is 7.39. The first-order valence-electron chi connectivity index (χ1n) is 13.8. The van der Waals surface area contributed by atoms with Crippen molar-refractivity contribution < 1.29 is 71.9 Å². The first-order chi connectivity index (χ1) is 24.3. The normalized spacial score (nSPS) is 13.1. The van der Waals surface area contributed by atoms with Crippen LogP contribution in [0.1, 0.15) is 5.56 Å². The number of hydrogen-bond acceptors (Lipinski definition) is 21. The molecule has 0 aliphatic heterocycles. The fourth-order valence-electron chi connectivity index (χ4n) is 5.04. The summed E-state index contributed by atoms with van der Waals surface area (Å²) in [5.41, 5.74) is 3.52. The highest BCUT2D eigenvalue weighted by molar-refractivity contribution is 7.87. The van der Waals surface area contributed by atoms with Crippen LogP contribution in [0, 0.1) is 6.92 Å². The van der Waals surface area contributed by atoms with E-state index in [0.29, 0.717) is 18.2 Å². The molecule has 0 aliphatic carbocycles. The van der Waals surface area contributed by atoms with Crippen LogP contribution in [0.3, 0.4) is 0 Å². The maximum absolute atomic E-state index is 12.1. The number of phenolic OH excluding ortho intramolecular Hbond substituents is 3. The quantitative estimate of drug-likeness (QED) is 0.0940. The van der Waals surface area contributed by atoms with Crippen LogP contribution in [-0.4, -0.2) is 74.3 Å². The van der Waals surface area contributed by atoms with Crippen LogP contribution in [0.4, 0.5) is 28.4 Å². The summed E-state index contributed by atoms with van der Waals surface area (Å²) in [5.74, 6) is -3.16. The van der Waals surface area contributed by atoms with Gasteiger partial charge in [0.2, 0.25) is 0 Å². The topological polar surface area (TPSA) is 374 Å². The van der Waals surface area contributed by atoms with Gasteiger partial charge in [0.05, 0.1) is 48.8 Å². The van der Waals surface area contributed by atoms with Crippen LogP contribution >= 0.6 is 0 Å². The number of methoxy groups -OCH3 is 1. The number of ether oxygens (including phenoxy) is 1. The molecule has 280 valence electrons. The summed E-state index contributed by atoms with van der Waals surface area (Å²) in [6.07, 6.45) is 0. The minimum atomic E-state index is -5.46. The minimum Gasteiger partial charge on any atom is -0.744 e. The minimum absolute atomic E-state index is 0.0828. The lowest BCUT2D eigenvalue weighted by Gasteiger charge is -2.18. The third-order valence-electron chi connectivity index (χ3n) is 7.44. The Labute approximate surface area is 298 Å². The molecule has 0 atom stereocenters. The van der Waals surface area contributed by atoms with Gasteiger partial charge in [-0.15, -0.1) is 20.5 Å². The van der Waals surface area contributed by atoms with E-state index in [1.54, 1.807) is 0 Å². The van der Waals surface area contributed by atoms with Gasteiger partial charge in [0.15, 0.2) is 11.5 Å². The number of nitrogens with zero attached hydrogens (tertiary/aromatic N) is 4. The van der Waals surface area contributed by atoms with Gasteiger partial charge in [0, 0.05) is 11.5 Å². The fourth-order valence-corrected chi connectivity index (χ4v) is 7.63. The predicted molar refractivity (Wildman–Crippen MR) is 175 cm³/mol. The van der Waals surface area contributed by atoms with E-state index >= 15 is 0 Å². The van der Waals surface area contributed by atoms with E-state index < -0.39 is 116 Å². The van der Waals surface area contributed by atoms with E-state index in [1.807, 2.05) is 0 Å². The molecule has 0 unspecified atom stereocenters. The highest BCUT2D eigenvalue weighted by atomic mass is 32.2. The first-order valence-corrected chi connectivity index (χ1v) is 19.4. The number of phenols is 3. The third-order valence-corrected chi connectivity index (χ3v) is 10.9. The second-order valence-corrected chi connectivity index (χ2v) is 16.2. The van der Waals surface area contributed by atoms with E-state index in [-0.39, 0.29) is 28.8 Å². The molecule has 0 fully saturated rings. The number of azo groups is 2. The van der Waals surface area contributed by atoms with Crippen molar-refractivity contribution in [3.63, 3.8) is 0 Å². The largest absolute Gasteiger partial charge is 0.744 e. The van der Waals surface area contributed by atoms with Gasteiger partial charge in [0.25, 0.3) is 0 Å². The zero-order valence-electron chi connectivity index (χ0n) is 26.3. The number of nitrogen functional groups attached to an aromatic ring is 1. The van der Waals surface area contributed by atoms with Crippen molar-refractivity contribution in [2.75, 3.05) is 12.8 Å². The molecule has 0 bridgehead atoms. The van der Waals surface area contributed by atoms with Gasteiger partial charge in [-0.2, -0.15) is 0 Å². The van der Waals surface area contributed by atoms with Crippen molar-refractivity contribution in [3.8, 4) is 23.0 Å². The summed E-state index contributed by atoms with van der Waals surface area (Å²) >= 11 is 0. The molecule has 0 heterocycles. The van der Waals surface area contributed by atoms with E-state index in [0.717, 1.165) is 12.1 Å². The fraction of sp³-hybridized carbons (Fsp3) is 0.0714. The molecule has 0 radical (unpaired) electrons. The van der Waals surface area contributed by atoms with Crippen LogP contribution in [-0.2, 0) is 40.5 Å². The number of nitrogens with two attached hydrogens (primary N) is 1. The van der Waals surface area contributed by atoms with Gasteiger partial charge in [-0.3, -0.25) is 0 Å². The van der Waals surface area contributed by atoms with Gasteiger partial charge in [0.1, 0.15) is 69.0 Å². The molecule has 53 heavy (non-hydrogen) atoms. The smallest absolute Gasteiger partial charge is 0.155 e. The zero-order chi connectivity index (χ0) is 39.6. The van der Waals surface area contributed by atoms with Crippen molar-refractivity contribution in [1.82, 2.24) is 0 Å².